The van der Waals surface area contributed by atoms with E-state index >= 15 is 0 Å². The molecule has 0 bridgehead atoms. The fourth-order valence-electron chi connectivity index (χ4n) is 2.55. The maximum Gasteiger partial charge on any atom is 0.260 e. The monoisotopic (exact) mass is 257 g/mol. The Kier molecular flexibility index (Phi) is 2.46. The summed E-state index contributed by atoms with van der Waals surface area (Å²) in [5.74, 6) is 1.75. The fraction of sp³-hybridized carbons (Fsp3) is 0.467. The van der Waals surface area contributed by atoms with Crippen LogP contribution < -0.4 is 5.73 Å². The minimum atomic E-state index is 0.301. The predicted octanol–water partition coefficient (Wildman–Crippen LogP) is 3.45. The first kappa shape index (κ1) is 12.2. The average molecular weight is 257 g/mol. The van der Waals surface area contributed by atoms with E-state index in [0.29, 0.717) is 17.2 Å². The number of rotatable bonds is 2. The van der Waals surface area contributed by atoms with Gasteiger partial charge in [0.25, 0.3) is 5.89 Å². The minimum absolute atomic E-state index is 0.301. The van der Waals surface area contributed by atoms with Crippen LogP contribution in [0.3, 0.4) is 0 Å². The molecular formula is C15H19N3O. The molecule has 2 N–H and O–H groups in total. The van der Waals surface area contributed by atoms with Crippen molar-refractivity contribution in [1.29, 1.82) is 0 Å². The molecule has 100 valence electrons. The van der Waals surface area contributed by atoms with Gasteiger partial charge < -0.3 is 10.3 Å². The second kappa shape index (κ2) is 3.83. The number of anilines is 1. The van der Waals surface area contributed by atoms with Gasteiger partial charge in [-0.3, -0.25) is 0 Å². The molecule has 2 aromatic rings. The Hall–Kier alpha value is -1.84. The van der Waals surface area contributed by atoms with Crippen LogP contribution in [0.1, 0.15) is 43.1 Å². The van der Waals surface area contributed by atoms with Crippen LogP contribution in [0.15, 0.2) is 16.7 Å². The molecule has 1 aromatic carbocycles. The van der Waals surface area contributed by atoms with Crippen LogP contribution in [0.4, 0.5) is 5.69 Å². The van der Waals surface area contributed by atoms with Crippen molar-refractivity contribution >= 4 is 5.69 Å². The molecule has 0 aliphatic heterocycles. The van der Waals surface area contributed by atoms with Gasteiger partial charge in [0.15, 0.2) is 5.82 Å². The molecule has 0 radical (unpaired) electrons. The van der Waals surface area contributed by atoms with Gasteiger partial charge in [-0.1, -0.05) is 25.1 Å². The van der Waals surface area contributed by atoms with Crippen molar-refractivity contribution < 1.29 is 4.52 Å². The summed E-state index contributed by atoms with van der Waals surface area (Å²) in [4.78, 5) is 4.52. The first-order chi connectivity index (χ1) is 8.88. The highest BCUT2D eigenvalue weighted by Crippen LogP contribution is 2.57. The number of hydrogen-bond acceptors (Lipinski definition) is 4. The zero-order chi connectivity index (χ0) is 13.8. The summed E-state index contributed by atoms with van der Waals surface area (Å²) in [6.07, 6.45) is 1.12. The number of benzene rings is 1. The second-order valence-corrected chi connectivity index (χ2v) is 6.25. The number of nitrogens with two attached hydrogens (primary N) is 1. The van der Waals surface area contributed by atoms with Crippen molar-refractivity contribution in [3.63, 3.8) is 0 Å². The van der Waals surface area contributed by atoms with E-state index in [9.17, 15) is 0 Å². The number of aryl methyl sites for hydroxylation is 2. The highest BCUT2D eigenvalue weighted by atomic mass is 16.5. The van der Waals surface area contributed by atoms with Crippen LogP contribution >= 0.6 is 0 Å². The van der Waals surface area contributed by atoms with Crippen LogP contribution in [-0.2, 0) is 0 Å². The van der Waals surface area contributed by atoms with Crippen LogP contribution in [0.2, 0.25) is 0 Å². The van der Waals surface area contributed by atoms with E-state index in [0.717, 1.165) is 34.6 Å². The second-order valence-electron chi connectivity index (χ2n) is 6.25. The molecule has 1 unspecified atom stereocenters. The molecule has 0 saturated heterocycles. The largest absolute Gasteiger partial charge is 0.398 e. The fourth-order valence-corrected chi connectivity index (χ4v) is 2.55. The Bertz CT molecular complexity index is 643. The van der Waals surface area contributed by atoms with Gasteiger partial charge >= 0.3 is 0 Å². The lowest BCUT2D eigenvalue weighted by molar-refractivity contribution is 0.419. The molecule has 1 aromatic heterocycles. The Morgan fingerprint density at radius 3 is 2.63 bits per heavy atom. The molecular weight excluding hydrogens is 238 g/mol. The van der Waals surface area contributed by atoms with Gasteiger partial charge in [-0.15, -0.1) is 0 Å². The Balaban J connectivity index is 2.00. The lowest BCUT2D eigenvalue weighted by Crippen LogP contribution is -1.96. The third kappa shape index (κ3) is 2.01. The van der Waals surface area contributed by atoms with E-state index in [1.54, 1.807) is 0 Å². The molecule has 1 heterocycles. The molecule has 0 spiro atoms. The van der Waals surface area contributed by atoms with Crippen molar-refractivity contribution in [3.8, 4) is 11.5 Å². The van der Waals surface area contributed by atoms with Crippen LogP contribution in [-0.4, -0.2) is 10.1 Å². The summed E-state index contributed by atoms with van der Waals surface area (Å²) < 4.78 is 5.40. The highest BCUT2D eigenvalue weighted by molar-refractivity contribution is 5.74. The van der Waals surface area contributed by atoms with Gasteiger partial charge in [-0.2, -0.15) is 4.98 Å². The van der Waals surface area contributed by atoms with Crippen LogP contribution in [0.5, 0.6) is 0 Å². The SMILES string of the molecule is Cc1cc(C)c(N)c(-c2nc(C3CC3(C)C)no2)c1. The highest BCUT2D eigenvalue weighted by Gasteiger charge is 2.49. The first-order valence-corrected chi connectivity index (χ1v) is 6.59. The average Bonchev–Trinajstić information content (AvgIpc) is 2.77. The van der Waals surface area contributed by atoms with Crippen LogP contribution in [0, 0.1) is 19.3 Å². The van der Waals surface area contributed by atoms with E-state index < -0.39 is 0 Å². The summed E-state index contributed by atoms with van der Waals surface area (Å²) >= 11 is 0. The smallest absolute Gasteiger partial charge is 0.260 e. The number of nitrogens with zero attached hydrogens (tertiary/aromatic N) is 2. The summed E-state index contributed by atoms with van der Waals surface area (Å²) in [7, 11) is 0. The summed E-state index contributed by atoms with van der Waals surface area (Å²) in [6.45, 7) is 8.47. The van der Waals surface area contributed by atoms with Gasteiger partial charge in [0.2, 0.25) is 0 Å². The summed E-state index contributed by atoms with van der Waals surface area (Å²) in [6, 6.07) is 4.05. The number of hydrogen-bond donors (Lipinski definition) is 1. The van der Waals surface area contributed by atoms with Crippen LogP contribution in [0.25, 0.3) is 11.5 Å². The van der Waals surface area contributed by atoms with Gasteiger partial charge in [0.1, 0.15) is 0 Å². The van der Waals surface area contributed by atoms with E-state index in [1.165, 1.54) is 0 Å². The maximum absolute atomic E-state index is 6.11. The number of aromatic nitrogens is 2. The molecule has 1 fully saturated rings. The van der Waals surface area contributed by atoms with E-state index in [2.05, 4.69) is 30.1 Å². The maximum atomic E-state index is 6.11. The van der Waals surface area contributed by atoms with E-state index in [1.807, 2.05) is 19.9 Å². The van der Waals surface area contributed by atoms with Crippen molar-refractivity contribution in [2.75, 3.05) is 5.73 Å². The third-order valence-corrected chi connectivity index (χ3v) is 4.03. The Morgan fingerprint density at radius 1 is 1.32 bits per heavy atom. The van der Waals surface area contributed by atoms with Crippen molar-refractivity contribution in [3.05, 3.63) is 29.1 Å². The lowest BCUT2D eigenvalue weighted by atomic mass is 10.0. The quantitative estimate of drug-likeness (QED) is 0.837. The first-order valence-electron chi connectivity index (χ1n) is 6.59. The molecule has 19 heavy (non-hydrogen) atoms. The van der Waals surface area contributed by atoms with E-state index in [4.69, 9.17) is 10.3 Å². The van der Waals surface area contributed by atoms with Gasteiger partial charge in [0, 0.05) is 11.6 Å². The Morgan fingerprint density at radius 2 is 2.00 bits per heavy atom. The molecule has 4 nitrogen and oxygen atoms in total. The van der Waals surface area contributed by atoms with Crippen molar-refractivity contribution in [1.82, 2.24) is 10.1 Å². The lowest BCUT2D eigenvalue weighted by Gasteiger charge is -2.06. The number of nitrogen functional groups attached to an aromatic ring is 1. The van der Waals surface area contributed by atoms with E-state index in [-0.39, 0.29) is 0 Å². The molecule has 4 heteroatoms. The molecule has 0 amide bonds. The predicted molar refractivity (Wildman–Crippen MR) is 74.8 cm³/mol. The summed E-state index contributed by atoms with van der Waals surface area (Å²) in [5.41, 5.74) is 10.2. The zero-order valence-electron chi connectivity index (χ0n) is 11.8. The third-order valence-electron chi connectivity index (χ3n) is 4.03. The normalized spacial score (nSPS) is 20.5. The molecule has 3 rings (SSSR count). The molecule has 1 atom stereocenters. The van der Waals surface area contributed by atoms with Gasteiger partial charge in [0.05, 0.1) is 5.56 Å². The molecule has 1 aliphatic carbocycles. The zero-order valence-corrected chi connectivity index (χ0v) is 11.8. The van der Waals surface area contributed by atoms with Gasteiger partial charge in [-0.05, 0) is 42.9 Å². The van der Waals surface area contributed by atoms with Gasteiger partial charge in [-0.25, -0.2) is 0 Å². The molecule has 1 aliphatic rings. The van der Waals surface area contributed by atoms with Crippen molar-refractivity contribution in [2.45, 2.75) is 40.0 Å². The molecule has 1 saturated carbocycles. The topological polar surface area (TPSA) is 64.9 Å². The minimum Gasteiger partial charge on any atom is -0.398 e. The summed E-state index contributed by atoms with van der Waals surface area (Å²) in [5, 5.41) is 4.11. The Labute approximate surface area is 113 Å². The standard InChI is InChI=1S/C15H19N3O/c1-8-5-9(2)12(16)10(6-8)14-17-13(18-19-14)11-7-15(11,3)4/h5-6,11H,7,16H2,1-4H3. The van der Waals surface area contributed by atoms with Crippen molar-refractivity contribution in [2.24, 2.45) is 5.41 Å².